The van der Waals surface area contributed by atoms with Crippen LogP contribution in [-0.4, -0.2) is 20.5 Å². The minimum absolute atomic E-state index is 0. The molecule has 0 spiro atoms. The molecular formula is C13H20Cl2N2O2S. The van der Waals surface area contributed by atoms with Gasteiger partial charge in [0.1, 0.15) is 4.90 Å². The van der Waals surface area contributed by atoms with Gasteiger partial charge in [-0.05, 0) is 37.0 Å². The van der Waals surface area contributed by atoms with Crippen molar-refractivity contribution in [1.82, 2.24) is 4.72 Å². The van der Waals surface area contributed by atoms with Crippen molar-refractivity contribution in [2.45, 2.75) is 49.6 Å². The molecule has 0 unspecified atom stereocenters. The Bertz CT molecular complexity index is 557. The number of sulfonamides is 1. The Morgan fingerprint density at radius 3 is 2.60 bits per heavy atom. The molecule has 1 aliphatic carbocycles. The van der Waals surface area contributed by atoms with Crippen molar-refractivity contribution in [3.63, 3.8) is 0 Å². The molecule has 0 radical (unpaired) electrons. The van der Waals surface area contributed by atoms with Crippen LogP contribution in [0, 0.1) is 0 Å². The number of hydrogen-bond donors (Lipinski definition) is 2. The highest BCUT2D eigenvalue weighted by atomic mass is 35.5. The first-order valence-corrected chi connectivity index (χ1v) is 8.35. The van der Waals surface area contributed by atoms with Crippen LogP contribution in [0.25, 0.3) is 0 Å². The van der Waals surface area contributed by atoms with E-state index in [0.29, 0.717) is 12.8 Å². The van der Waals surface area contributed by atoms with Gasteiger partial charge < -0.3 is 5.73 Å². The summed E-state index contributed by atoms with van der Waals surface area (Å²) in [7, 11) is -3.55. The van der Waals surface area contributed by atoms with E-state index in [1.807, 2.05) is 6.07 Å². The van der Waals surface area contributed by atoms with Crippen LogP contribution < -0.4 is 10.5 Å². The number of aryl methyl sites for hydroxylation is 1. The Morgan fingerprint density at radius 2 is 2.05 bits per heavy atom. The zero-order chi connectivity index (χ0) is 14.0. The Balaban J connectivity index is 0.00000200. The first-order valence-electron chi connectivity index (χ1n) is 6.48. The second-order valence-electron chi connectivity index (χ2n) is 5.06. The highest BCUT2D eigenvalue weighted by Gasteiger charge is 2.31. The summed E-state index contributed by atoms with van der Waals surface area (Å²) in [6.45, 7) is 2.05. The molecule has 0 aliphatic heterocycles. The average molecular weight is 339 g/mol. The Kier molecular flexibility index (Phi) is 6.28. The number of nitrogens with two attached hydrogens (primary N) is 1. The molecule has 7 heteroatoms. The summed E-state index contributed by atoms with van der Waals surface area (Å²) in [5, 5.41) is 0.260. The van der Waals surface area contributed by atoms with Gasteiger partial charge in [-0.2, -0.15) is 0 Å². The molecule has 4 nitrogen and oxygen atoms in total. The minimum atomic E-state index is -3.55. The lowest BCUT2D eigenvalue weighted by Crippen LogP contribution is -2.50. The van der Waals surface area contributed by atoms with E-state index in [-0.39, 0.29) is 34.4 Å². The molecule has 1 aromatic carbocycles. The predicted octanol–water partition coefficient (Wildman–Crippen LogP) is 2.48. The van der Waals surface area contributed by atoms with Crippen LogP contribution in [-0.2, 0) is 16.4 Å². The molecule has 0 aromatic heterocycles. The van der Waals surface area contributed by atoms with E-state index in [1.165, 1.54) is 0 Å². The van der Waals surface area contributed by atoms with Gasteiger partial charge >= 0.3 is 0 Å². The lowest BCUT2D eigenvalue weighted by atomic mass is 9.89. The van der Waals surface area contributed by atoms with Crippen molar-refractivity contribution >= 4 is 34.0 Å². The minimum Gasteiger partial charge on any atom is -0.328 e. The Labute approximate surface area is 131 Å². The van der Waals surface area contributed by atoms with Gasteiger partial charge in [-0.3, -0.25) is 0 Å². The smallest absolute Gasteiger partial charge is 0.242 e. The lowest BCUT2D eigenvalue weighted by Gasteiger charge is -2.32. The molecule has 3 N–H and O–H groups in total. The number of benzene rings is 1. The van der Waals surface area contributed by atoms with Crippen molar-refractivity contribution in [2.75, 3.05) is 0 Å². The third-order valence-electron chi connectivity index (χ3n) is 3.32. The van der Waals surface area contributed by atoms with Gasteiger partial charge in [0.05, 0.1) is 5.02 Å². The maximum atomic E-state index is 12.3. The van der Waals surface area contributed by atoms with E-state index in [2.05, 4.69) is 11.6 Å². The van der Waals surface area contributed by atoms with Crippen LogP contribution in [0.15, 0.2) is 23.1 Å². The summed E-state index contributed by atoms with van der Waals surface area (Å²) in [6.07, 6.45) is 3.18. The normalized spacial score (nSPS) is 21.9. The van der Waals surface area contributed by atoms with Crippen molar-refractivity contribution in [3.8, 4) is 0 Å². The summed E-state index contributed by atoms with van der Waals surface area (Å²) >= 11 is 6.01. The van der Waals surface area contributed by atoms with E-state index in [9.17, 15) is 8.42 Å². The van der Waals surface area contributed by atoms with Gasteiger partial charge in [-0.25, -0.2) is 13.1 Å². The molecule has 1 saturated carbocycles. The van der Waals surface area contributed by atoms with E-state index < -0.39 is 10.0 Å². The van der Waals surface area contributed by atoms with Crippen LogP contribution >= 0.6 is 24.0 Å². The number of halogens is 2. The molecular weight excluding hydrogens is 319 g/mol. The van der Waals surface area contributed by atoms with Crippen molar-refractivity contribution in [1.29, 1.82) is 0 Å². The van der Waals surface area contributed by atoms with E-state index in [0.717, 1.165) is 18.4 Å². The maximum Gasteiger partial charge on any atom is 0.242 e. The zero-order valence-electron chi connectivity index (χ0n) is 11.3. The van der Waals surface area contributed by atoms with E-state index in [4.69, 9.17) is 17.3 Å². The quantitative estimate of drug-likeness (QED) is 0.866. The van der Waals surface area contributed by atoms with Crippen LogP contribution in [0.1, 0.15) is 31.7 Å². The maximum absolute atomic E-state index is 12.3. The van der Waals surface area contributed by atoms with Crippen LogP contribution in [0.5, 0.6) is 0 Å². The Morgan fingerprint density at radius 1 is 1.40 bits per heavy atom. The summed E-state index contributed by atoms with van der Waals surface area (Å²) in [4.78, 5) is 0.167. The topological polar surface area (TPSA) is 72.2 Å². The van der Waals surface area contributed by atoms with Crippen molar-refractivity contribution in [3.05, 3.63) is 28.8 Å². The van der Waals surface area contributed by atoms with Gasteiger partial charge in [0.15, 0.2) is 0 Å². The van der Waals surface area contributed by atoms with E-state index in [1.54, 1.807) is 12.1 Å². The van der Waals surface area contributed by atoms with Crippen LogP contribution in [0.4, 0.5) is 0 Å². The SMILES string of the molecule is CCCc1ccc(Cl)c(S(=O)(=O)NC2CC(N)C2)c1.Cl. The fourth-order valence-corrected chi connectivity index (χ4v) is 4.05. The molecule has 1 fully saturated rings. The standard InChI is InChI=1S/C13H19ClN2O2S.ClH/c1-2-3-9-4-5-12(14)13(6-9)19(17,18)16-11-7-10(15)8-11;/h4-6,10-11,16H,2-3,7-8,15H2,1H3;1H. The molecule has 114 valence electrons. The largest absolute Gasteiger partial charge is 0.328 e. The van der Waals surface area contributed by atoms with Crippen LogP contribution in [0.3, 0.4) is 0 Å². The highest BCUT2D eigenvalue weighted by Crippen LogP contribution is 2.26. The van der Waals surface area contributed by atoms with Gasteiger partial charge in [0, 0.05) is 12.1 Å². The summed E-state index contributed by atoms with van der Waals surface area (Å²) in [5.74, 6) is 0. The fraction of sp³-hybridized carbons (Fsp3) is 0.538. The lowest BCUT2D eigenvalue weighted by molar-refractivity contribution is 0.327. The third-order valence-corrected chi connectivity index (χ3v) is 5.32. The molecule has 0 heterocycles. The number of nitrogens with one attached hydrogen (secondary N) is 1. The molecule has 0 amide bonds. The third kappa shape index (κ3) is 4.09. The zero-order valence-corrected chi connectivity index (χ0v) is 13.7. The molecule has 0 saturated heterocycles. The van der Waals surface area contributed by atoms with Gasteiger partial charge in [-0.15, -0.1) is 12.4 Å². The van der Waals surface area contributed by atoms with Crippen LogP contribution in [0.2, 0.25) is 5.02 Å². The predicted molar refractivity (Wildman–Crippen MR) is 84.0 cm³/mol. The molecule has 20 heavy (non-hydrogen) atoms. The summed E-state index contributed by atoms with van der Waals surface area (Å²) < 4.78 is 27.2. The average Bonchev–Trinajstić information content (AvgIpc) is 2.29. The van der Waals surface area contributed by atoms with Gasteiger partial charge in [0.25, 0.3) is 0 Å². The first-order chi connectivity index (χ1) is 8.92. The molecule has 1 aromatic rings. The van der Waals surface area contributed by atoms with Gasteiger partial charge in [-0.1, -0.05) is 31.0 Å². The molecule has 0 atom stereocenters. The number of rotatable bonds is 5. The second-order valence-corrected chi connectivity index (χ2v) is 7.15. The molecule has 1 aliphatic rings. The number of hydrogen-bond acceptors (Lipinski definition) is 3. The monoisotopic (exact) mass is 338 g/mol. The summed E-state index contributed by atoms with van der Waals surface area (Å²) in [6, 6.07) is 5.21. The van der Waals surface area contributed by atoms with E-state index >= 15 is 0 Å². The molecule has 2 rings (SSSR count). The fourth-order valence-electron chi connectivity index (χ4n) is 2.24. The first kappa shape index (κ1) is 17.7. The highest BCUT2D eigenvalue weighted by molar-refractivity contribution is 7.89. The van der Waals surface area contributed by atoms with Gasteiger partial charge in [0.2, 0.25) is 10.0 Å². The van der Waals surface area contributed by atoms with Crippen molar-refractivity contribution < 1.29 is 8.42 Å². The second kappa shape index (κ2) is 7.09. The molecule has 0 bridgehead atoms. The van der Waals surface area contributed by atoms with Crippen molar-refractivity contribution in [2.24, 2.45) is 5.73 Å². The Hall–Kier alpha value is -0.330. The summed E-state index contributed by atoms with van der Waals surface area (Å²) in [5.41, 5.74) is 6.64.